The van der Waals surface area contributed by atoms with E-state index in [1.807, 2.05) is 6.07 Å². The summed E-state index contributed by atoms with van der Waals surface area (Å²) >= 11 is 0. The van der Waals surface area contributed by atoms with E-state index in [0.29, 0.717) is 0 Å². The minimum absolute atomic E-state index is 1.15. The fourth-order valence-corrected chi connectivity index (χ4v) is 3.49. The summed E-state index contributed by atoms with van der Waals surface area (Å²) in [5, 5.41) is 3.61. The van der Waals surface area contributed by atoms with Crippen LogP contribution in [0.5, 0.6) is 0 Å². The molecule has 1 N–H and O–H groups in total. The second kappa shape index (κ2) is 7.40. The van der Waals surface area contributed by atoms with Gasteiger partial charge in [0.1, 0.15) is 0 Å². The first-order valence-electron chi connectivity index (χ1n) is 9.09. The summed E-state index contributed by atoms with van der Waals surface area (Å²) in [4.78, 5) is 0. The molecule has 0 bridgehead atoms. The Morgan fingerprint density at radius 2 is 1.36 bits per heavy atom. The van der Waals surface area contributed by atoms with Crippen molar-refractivity contribution in [3.8, 4) is 0 Å². The third-order valence-corrected chi connectivity index (χ3v) is 4.85. The van der Waals surface area contributed by atoms with E-state index in [4.69, 9.17) is 0 Å². The summed E-state index contributed by atoms with van der Waals surface area (Å²) in [6.45, 7) is 0. The number of anilines is 2. The van der Waals surface area contributed by atoms with E-state index < -0.39 is 0 Å². The zero-order valence-corrected chi connectivity index (χ0v) is 14.4. The highest BCUT2D eigenvalue weighted by atomic mass is 14.9. The molecule has 0 unspecified atom stereocenters. The molecule has 25 heavy (non-hydrogen) atoms. The quantitative estimate of drug-likeness (QED) is 0.541. The lowest BCUT2D eigenvalue weighted by molar-refractivity contribution is 0.687. The lowest BCUT2D eigenvalue weighted by Gasteiger charge is -2.20. The number of nitrogens with one attached hydrogen (secondary N) is 1. The van der Waals surface area contributed by atoms with Crippen LogP contribution in [0.15, 0.2) is 72.8 Å². The van der Waals surface area contributed by atoms with Gasteiger partial charge in [0.25, 0.3) is 0 Å². The van der Waals surface area contributed by atoms with E-state index in [2.05, 4.69) is 84.2 Å². The summed E-state index contributed by atoms with van der Waals surface area (Å²) in [5.41, 5.74) is 7.87. The predicted molar refractivity (Wildman–Crippen MR) is 108 cm³/mol. The maximum atomic E-state index is 3.61. The first kappa shape index (κ1) is 15.7. The van der Waals surface area contributed by atoms with Crippen LogP contribution in [0.25, 0.3) is 12.2 Å². The summed E-state index contributed by atoms with van der Waals surface area (Å²) < 4.78 is 0. The Bertz CT molecular complexity index is 860. The lowest BCUT2D eigenvalue weighted by Crippen LogP contribution is -2.06. The van der Waals surface area contributed by atoms with Gasteiger partial charge >= 0.3 is 0 Å². The van der Waals surface area contributed by atoms with Crippen LogP contribution in [0.1, 0.15) is 35.1 Å². The van der Waals surface area contributed by atoms with Crippen molar-refractivity contribution in [1.82, 2.24) is 0 Å². The maximum absolute atomic E-state index is 3.61. The monoisotopic (exact) mass is 325 g/mol. The summed E-state index contributed by atoms with van der Waals surface area (Å²) in [6, 6.07) is 25.7. The highest BCUT2D eigenvalue weighted by Crippen LogP contribution is 2.30. The molecule has 0 amide bonds. The van der Waals surface area contributed by atoms with Gasteiger partial charge in [0.15, 0.2) is 0 Å². The fraction of sp³-hybridized carbons (Fsp3) is 0.167. The zero-order valence-electron chi connectivity index (χ0n) is 14.4. The largest absolute Gasteiger partial charge is 0.355 e. The van der Waals surface area contributed by atoms with Crippen molar-refractivity contribution in [2.24, 2.45) is 0 Å². The van der Waals surface area contributed by atoms with Crippen molar-refractivity contribution in [3.63, 3.8) is 0 Å². The average molecular weight is 325 g/mol. The molecule has 1 heteroatoms. The van der Waals surface area contributed by atoms with Crippen molar-refractivity contribution in [2.75, 3.05) is 5.32 Å². The molecule has 124 valence electrons. The molecule has 0 aromatic heterocycles. The maximum Gasteiger partial charge on any atom is 0.0419 e. The van der Waals surface area contributed by atoms with Crippen LogP contribution in [-0.2, 0) is 12.8 Å². The zero-order chi connectivity index (χ0) is 16.9. The lowest BCUT2D eigenvalue weighted by atomic mass is 9.90. The van der Waals surface area contributed by atoms with Crippen molar-refractivity contribution >= 4 is 23.5 Å². The molecule has 1 aliphatic rings. The number of aryl methyl sites for hydroxylation is 1. The average Bonchev–Trinajstić information content (AvgIpc) is 2.69. The Morgan fingerprint density at radius 1 is 0.640 bits per heavy atom. The molecule has 3 aromatic carbocycles. The molecule has 0 heterocycles. The highest BCUT2D eigenvalue weighted by Gasteiger charge is 2.12. The number of rotatable bonds is 4. The van der Waals surface area contributed by atoms with Crippen LogP contribution in [0, 0.1) is 0 Å². The molecule has 1 aliphatic carbocycles. The van der Waals surface area contributed by atoms with Crippen LogP contribution in [0.4, 0.5) is 11.4 Å². The van der Waals surface area contributed by atoms with E-state index in [1.165, 1.54) is 53.6 Å². The molecule has 0 radical (unpaired) electrons. The molecular formula is C24H23N. The minimum Gasteiger partial charge on any atom is -0.355 e. The fourth-order valence-electron chi connectivity index (χ4n) is 3.49. The third kappa shape index (κ3) is 3.83. The van der Waals surface area contributed by atoms with Crippen molar-refractivity contribution in [3.05, 3.63) is 95.1 Å². The van der Waals surface area contributed by atoms with Gasteiger partial charge in [-0.1, -0.05) is 66.7 Å². The summed E-state index contributed by atoms with van der Waals surface area (Å²) in [6.07, 6.45) is 9.33. The van der Waals surface area contributed by atoms with E-state index in [0.717, 1.165) is 5.69 Å². The van der Waals surface area contributed by atoms with E-state index in [-0.39, 0.29) is 0 Å². The Kier molecular flexibility index (Phi) is 4.65. The SMILES string of the molecule is C(=C\c1ccc(Nc2cccc3c2CCCC3)cc1)/c1ccccc1. The van der Waals surface area contributed by atoms with Gasteiger partial charge in [0, 0.05) is 11.4 Å². The minimum atomic E-state index is 1.15. The van der Waals surface area contributed by atoms with E-state index in [9.17, 15) is 0 Å². The standard InChI is InChI=1S/C24H23N/c1-2-7-19(8-3-1)13-14-20-15-17-22(18-16-20)25-24-12-6-10-21-9-4-5-11-23(21)24/h1-3,6-8,10,12-18,25H,4-5,9,11H2/b14-13+. The van der Waals surface area contributed by atoms with E-state index in [1.54, 1.807) is 0 Å². The molecule has 1 nitrogen and oxygen atoms in total. The molecule has 0 atom stereocenters. The van der Waals surface area contributed by atoms with Crippen molar-refractivity contribution in [2.45, 2.75) is 25.7 Å². The number of benzene rings is 3. The van der Waals surface area contributed by atoms with Gasteiger partial charge in [-0.05, 0) is 66.1 Å². The number of fused-ring (bicyclic) bond motifs is 1. The van der Waals surface area contributed by atoms with Gasteiger partial charge in [-0.3, -0.25) is 0 Å². The Balaban J connectivity index is 1.49. The molecule has 0 aliphatic heterocycles. The number of hydrogen-bond donors (Lipinski definition) is 1. The third-order valence-electron chi connectivity index (χ3n) is 4.85. The topological polar surface area (TPSA) is 12.0 Å². The van der Waals surface area contributed by atoms with Crippen molar-refractivity contribution in [1.29, 1.82) is 0 Å². The first-order valence-corrected chi connectivity index (χ1v) is 9.09. The molecule has 0 spiro atoms. The molecule has 3 aromatic rings. The van der Waals surface area contributed by atoms with E-state index >= 15 is 0 Å². The predicted octanol–water partition coefficient (Wildman–Crippen LogP) is 6.48. The van der Waals surface area contributed by atoms with Gasteiger partial charge in [-0.25, -0.2) is 0 Å². The van der Waals surface area contributed by atoms with Gasteiger partial charge < -0.3 is 5.32 Å². The number of hydrogen-bond acceptors (Lipinski definition) is 1. The van der Waals surface area contributed by atoms with Crippen molar-refractivity contribution < 1.29 is 0 Å². The van der Waals surface area contributed by atoms with Crippen LogP contribution in [-0.4, -0.2) is 0 Å². The normalized spacial score (nSPS) is 13.6. The molecule has 0 fully saturated rings. The van der Waals surface area contributed by atoms with Crippen LogP contribution in [0.2, 0.25) is 0 Å². The first-order chi connectivity index (χ1) is 12.4. The molecule has 4 rings (SSSR count). The second-order valence-corrected chi connectivity index (χ2v) is 6.64. The highest BCUT2D eigenvalue weighted by molar-refractivity contribution is 5.72. The van der Waals surface area contributed by atoms with Gasteiger partial charge in [0.2, 0.25) is 0 Å². The second-order valence-electron chi connectivity index (χ2n) is 6.64. The van der Waals surface area contributed by atoms with Gasteiger partial charge in [-0.15, -0.1) is 0 Å². The Hall–Kier alpha value is -2.80. The molecule has 0 saturated carbocycles. The van der Waals surface area contributed by atoms with Gasteiger partial charge in [0.05, 0.1) is 0 Å². The Morgan fingerprint density at radius 3 is 2.16 bits per heavy atom. The summed E-state index contributed by atoms with van der Waals surface area (Å²) in [5.74, 6) is 0. The summed E-state index contributed by atoms with van der Waals surface area (Å²) in [7, 11) is 0. The Labute approximate surface area is 150 Å². The molecular weight excluding hydrogens is 302 g/mol. The van der Waals surface area contributed by atoms with Crippen LogP contribution in [0.3, 0.4) is 0 Å². The molecule has 0 saturated heterocycles. The smallest absolute Gasteiger partial charge is 0.0419 e. The van der Waals surface area contributed by atoms with Crippen LogP contribution >= 0.6 is 0 Å². The van der Waals surface area contributed by atoms with Gasteiger partial charge in [-0.2, -0.15) is 0 Å². The van der Waals surface area contributed by atoms with Crippen LogP contribution < -0.4 is 5.32 Å².